The van der Waals surface area contributed by atoms with Crippen molar-refractivity contribution >= 4 is 23.9 Å². The van der Waals surface area contributed by atoms with Crippen molar-refractivity contribution in [2.45, 2.75) is 25.7 Å². The van der Waals surface area contributed by atoms with E-state index in [0.717, 1.165) is 27.5 Å². The summed E-state index contributed by atoms with van der Waals surface area (Å²) in [5.41, 5.74) is 8.17. The Morgan fingerprint density at radius 1 is 1.07 bits per heavy atom. The summed E-state index contributed by atoms with van der Waals surface area (Å²) >= 11 is 1.49. The van der Waals surface area contributed by atoms with E-state index in [1.54, 1.807) is 6.21 Å². The third-order valence-corrected chi connectivity index (χ3v) is 5.25. The molecule has 5 heteroatoms. The number of amides is 1. The molecular formula is C22H23N3OS. The van der Waals surface area contributed by atoms with Gasteiger partial charge in [0.1, 0.15) is 0 Å². The monoisotopic (exact) mass is 377 g/mol. The van der Waals surface area contributed by atoms with Crippen LogP contribution in [-0.2, 0) is 4.79 Å². The first kappa shape index (κ1) is 19.0. The molecule has 0 aliphatic heterocycles. The van der Waals surface area contributed by atoms with Crippen LogP contribution in [0.3, 0.4) is 0 Å². The lowest BCUT2D eigenvalue weighted by atomic mass is 10.2. The lowest BCUT2D eigenvalue weighted by Crippen LogP contribution is -2.19. The molecular weight excluding hydrogens is 354 g/mol. The van der Waals surface area contributed by atoms with Crippen LogP contribution in [0.25, 0.3) is 5.69 Å². The zero-order valence-corrected chi connectivity index (χ0v) is 16.6. The van der Waals surface area contributed by atoms with Gasteiger partial charge in [0.05, 0.1) is 12.0 Å². The van der Waals surface area contributed by atoms with Gasteiger partial charge in [-0.2, -0.15) is 5.10 Å². The fourth-order valence-corrected chi connectivity index (χ4v) is 3.67. The van der Waals surface area contributed by atoms with Crippen molar-refractivity contribution in [3.63, 3.8) is 0 Å². The second-order valence-corrected chi connectivity index (χ2v) is 7.44. The summed E-state index contributed by atoms with van der Waals surface area (Å²) < 4.78 is 2.20. The van der Waals surface area contributed by atoms with Crippen molar-refractivity contribution in [3.8, 4) is 5.69 Å². The van der Waals surface area contributed by atoms with E-state index in [-0.39, 0.29) is 5.91 Å². The van der Waals surface area contributed by atoms with Crippen LogP contribution in [0.5, 0.6) is 0 Å². The number of rotatable bonds is 6. The molecule has 0 radical (unpaired) electrons. The smallest absolute Gasteiger partial charge is 0.250 e. The van der Waals surface area contributed by atoms with Gasteiger partial charge in [-0.3, -0.25) is 4.79 Å². The second kappa shape index (κ2) is 8.73. The largest absolute Gasteiger partial charge is 0.318 e. The maximum Gasteiger partial charge on any atom is 0.250 e. The Hall–Kier alpha value is -2.79. The average molecular weight is 378 g/mol. The van der Waals surface area contributed by atoms with Gasteiger partial charge in [0.15, 0.2) is 0 Å². The average Bonchev–Trinajstić information content (AvgIpc) is 2.94. The van der Waals surface area contributed by atoms with E-state index in [0.29, 0.717) is 5.75 Å². The van der Waals surface area contributed by atoms with E-state index >= 15 is 0 Å². The van der Waals surface area contributed by atoms with E-state index in [2.05, 4.69) is 66.2 Å². The highest BCUT2D eigenvalue weighted by Crippen LogP contribution is 2.20. The molecule has 0 atom stereocenters. The highest BCUT2D eigenvalue weighted by molar-refractivity contribution is 8.00. The minimum Gasteiger partial charge on any atom is -0.318 e. The SMILES string of the molecule is Cc1cccc(-n2c(C)cc(/C=N/NC(=O)CSc3ccccc3)c2C)c1. The minimum atomic E-state index is -0.118. The van der Waals surface area contributed by atoms with Crippen LogP contribution in [0.15, 0.2) is 70.7 Å². The Kier molecular flexibility index (Phi) is 6.14. The van der Waals surface area contributed by atoms with E-state index in [4.69, 9.17) is 0 Å². The van der Waals surface area contributed by atoms with Crippen molar-refractivity contribution in [3.05, 3.63) is 83.2 Å². The molecule has 2 aromatic carbocycles. The lowest BCUT2D eigenvalue weighted by Gasteiger charge is -2.10. The number of hydrogen-bond donors (Lipinski definition) is 1. The Morgan fingerprint density at radius 2 is 1.85 bits per heavy atom. The molecule has 138 valence electrons. The molecule has 0 aliphatic carbocycles. The molecule has 0 fully saturated rings. The van der Waals surface area contributed by atoms with E-state index in [9.17, 15) is 4.79 Å². The summed E-state index contributed by atoms with van der Waals surface area (Å²) in [5.74, 6) is 0.219. The van der Waals surface area contributed by atoms with Crippen LogP contribution in [0, 0.1) is 20.8 Å². The lowest BCUT2D eigenvalue weighted by molar-refractivity contribution is -0.118. The number of hydrogen-bond acceptors (Lipinski definition) is 3. The van der Waals surface area contributed by atoms with E-state index in [1.807, 2.05) is 30.3 Å². The summed E-state index contributed by atoms with van der Waals surface area (Å²) in [6, 6.07) is 20.3. The van der Waals surface area contributed by atoms with Crippen LogP contribution >= 0.6 is 11.8 Å². The van der Waals surface area contributed by atoms with Crippen molar-refractivity contribution in [1.29, 1.82) is 0 Å². The summed E-state index contributed by atoms with van der Waals surface area (Å²) in [5, 5.41) is 4.13. The van der Waals surface area contributed by atoms with Gasteiger partial charge in [0.25, 0.3) is 0 Å². The van der Waals surface area contributed by atoms with Gasteiger partial charge in [0, 0.05) is 27.5 Å². The number of benzene rings is 2. The molecule has 0 aliphatic rings. The summed E-state index contributed by atoms with van der Waals surface area (Å²) in [6.07, 6.45) is 1.71. The van der Waals surface area contributed by atoms with E-state index < -0.39 is 0 Å². The number of carbonyl (C=O) groups excluding carboxylic acids is 1. The van der Waals surface area contributed by atoms with Gasteiger partial charge < -0.3 is 4.57 Å². The highest BCUT2D eigenvalue weighted by Gasteiger charge is 2.09. The molecule has 1 aromatic heterocycles. The first-order chi connectivity index (χ1) is 13.0. The number of nitrogens with zero attached hydrogens (tertiary/aromatic N) is 2. The van der Waals surface area contributed by atoms with Crippen LogP contribution in [0.2, 0.25) is 0 Å². The highest BCUT2D eigenvalue weighted by atomic mass is 32.2. The van der Waals surface area contributed by atoms with Gasteiger partial charge in [-0.1, -0.05) is 30.3 Å². The molecule has 1 N–H and O–H groups in total. The number of aryl methyl sites for hydroxylation is 2. The van der Waals surface area contributed by atoms with Crippen molar-refractivity contribution in [1.82, 2.24) is 9.99 Å². The van der Waals surface area contributed by atoms with Crippen LogP contribution < -0.4 is 5.43 Å². The molecule has 27 heavy (non-hydrogen) atoms. The predicted octanol–water partition coefficient (Wildman–Crippen LogP) is 4.64. The Bertz CT molecular complexity index is 961. The van der Waals surface area contributed by atoms with Crippen LogP contribution in [0.1, 0.15) is 22.5 Å². The molecule has 4 nitrogen and oxygen atoms in total. The fraction of sp³-hybridized carbons (Fsp3) is 0.182. The Morgan fingerprint density at radius 3 is 2.59 bits per heavy atom. The summed E-state index contributed by atoms with van der Waals surface area (Å²) in [7, 11) is 0. The van der Waals surface area contributed by atoms with Gasteiger partial charge in [0.2, 0.25) is 5.91 Å². The molecule has 0 unspecified atom stereocenters. The van der Waals surface area contributed by atoms with Crippen molar-refractivity contribution in [2.75, 3.05) is 5.75 Å². The van der Waals surface area contributed by atoms with Crippen LogP contribution in [-0.4, -0.2) is 22.4 Å². The normalized spacial score (nSPS) is 11.1. The molecule has 0 saturated heterocycles. The molecule has 0 spiro atoms. The molecule has 1 amide bonds. The molecule has 0 bridgehead atoms. The molecule has 0 saturated carbocycles. The zero-order chi connectivity index (χ0) is 19.2. The maximum atomic E-state index is 12.0. The number of aromatic nitrogens is 1. The molecule has 3 aromatic rings. The van der Waals surface area contributed by atoms with Gasteiger partial charge >= 0.3 is 0 Å². The Labute approximate surface area is 164 Å². The standard InChI is InChI=1S/C22H23N3OS/c1-16-8-7-9-20(12-16)25-17(2)13-19(18(25)3)14-23-24-22(26)15-27-21-10-5-4-6-11-21/h4-14H,15H2,1-3H3,(H,24,26)/b23-14+. The fourth-order valence-electron chi connectivity index (χ4n) is 2.95. The topological polar surface area (TPSA) is 46.4 Å². The molecule has 3 rings (SSSR count). The van der Waals surface area contributed by atoms with Crippen LogP contribution in [0.4, 0.5) is 0 Å². The van der Waals surface area contributed by atoms with E-state index in [1.165, 1.54) is 17.3 Å². The number of thioether (sulfide) groups is 1. The van der Waals surface area contributed by atoms with Crippen molar-refractivity contribution < 1.29 is 4.79 Å². The Balaban J connectivity index is 1.64. The van der Waals surface area contributed by atoms with Gasteiger partial charge in [-0.25, -0.2) is 5.43 Å². The van der Waals surface area contributed by atoms with Gasteiger partial charge in [-0.15, -0.1) is 11.8 Å². The predicted molar refractivity (Wildman–Crippen MR) is 113 cm³/mol. The van der Waals surface area contributed by atoms with Crippen molar-refractivity contribution in [2.24, 2.45) is 5.10 Å². The second-order valence-electron chi connectivity index (χ2n) is 6.40. The first-order valence-electron chi connectivity index (χ1n) is 8.80. The first-order valence-corrected chi connectivity index (χ1v) is 9.79. The summed E-state index contributed by atoms with van der Waals surface area (Å²) in [4.78, 5) is 13.0. The number of nitrogens with one attached hydrogen (secondary N) is 1. The number of hydrazone groups is 1. The summed E-state index contributed by atoms with van der Waals surface area (Å²) in [6.45, 7) is 6.22. The molecule has 1 heterocycles. The van der Waals surface area contributed by atoms with Gasteiger partial charge in [-0.05, 0) is 56.7 Å². The number of carbonyl (C=O) groups is 1. The third-order valence-electron chi connectivity index (χ3n) is 4.24. The minimum absolute atomic E-state index is 0.118. The third kappa shape index (κ3) is 4.89. The maximum absolute atomic E-state index is 12.0. The quantitative estimate of drug-likeness (QED) is 0.386. The zero-order valence-electron chi connectivity index (χ0n) is 15.8.